The van der Waals surface area contributed by atoms with Gasteiger partial charge in [-0.2, -0.15) is 0 Å². The zero-order valence-corrected chi connectivity index (χ0v) is 23.2. The number of nitrogens with zero attached hydrogens (tertiary/aromatic N) is 2. The number of rotatable bonds is 3. The first-order valence-corrected chi connectivity index (χ1v) is 12.6. The molecule has 0 saturated carbocycles. The summed E-state index contributed by atoms with van der Waals surface area (Å²) in [5.41, 5.74) is 2.43. The highest BCUT2D eigenvalue weighted by molar-refractivity contribution is 6.21. The summed E-state index contributed by atoms with van der Waals surface area (Å²) in [5, 5.41) is 15.1. The Kier molecular flexibility index (Phi) is 6.72. The fraction of sp³-hybridized carbons (Fsp3) is 0.400. The number of ether oxygens (including phenoxy) is 2. The summed E-state index contributed by atoms with van der Waals surface area (Å²) in [6.45, 7) is 15.0. The van der Waals surface area contributed by atoms with Crippen molar-refractivity contribution < 1.29 is 24.2 Å². The van der Waals surface area contributed by atoms with Crippen molar-refractivity contribution in [3.8, 4) is 5.75 Å². The third-order valence-electron chi connectivity index (χ3n) is 6.26. The lowest BCUT2D eigenvalue weighted by Crippen LogP contribution is -2.50. The van der Waals surface area contributed by atoms with Gasteiger partial charge in [0.05, 0.1) is 23.1 Å². The molecule has 4 rings (SSSR count). The molecule has 2 N–H and O–H groups in total. The number of pyridine rings is 1. The lowest BCUT2D eigenvalue weighted by atomic mass is 9.79. The van der Waals surface area contributed by atoms with Gasteiger partial charge < -0.3 is 19.9 Å². The molecular weight excluding hydrogens is 482 g/mol. The minimum atomic E-state index is -1.43. The van der Waals surface area contributed by atoms with Gasteiger partial charge >= 0.3 is 11.9 Å². The number of para-hydroxylation sites is 1. The van der Waals surface area contributed by atoms with Gasteiger partial charge in [0, 0.05) is 30.4 Å². The molecule has 38 heavy (non-hydrogen) atoms. The molecule has 0 radical (unpaired) electrons. The van der Waals surface area contributed by atoms with Crippen LogP contribution in [0.5, 0.6) is 5.75 Å². The monoisotopic (exact) mass is 517 g/mol. The highest BCUT2D eigenvalue weighted by Gasteiger charge is 2.46. The predicted molar refractivity (Wildman–Crippen MR) is 148 cm³/mol. The summed E-state index contributed by atoms with van der Waals surface area (Å²) >= 11 is 0. The van der Waals surface area contributed by atoms with E-state index in [1.165, 1.54) is 13.8 Å². The number of anilines is 1. The second-order valence-electron chi connectivity index (χ2n) is 12.1. The largest absolute Gasteiger partial charge is 0.507 e. The first-order chi connectivity index (χ1) is 17.5. The Hall–Kier alpha value is -3.94. The fourth-order valence-electron chi connectivity index (χ4n) is 4.36. The molecule has 200 valence electrons. The van der Waals surface area contributed by atoms with E-state index in [1.807, 2.05) is 71.9 Å². The number of phenols is 1. The van der Waals surface area contributed by atoms with Gasteiger partial charge in [-0.25, -0.2) is 4.99 Å². The van der Waals surface area contributed by atoms with Gasteiger partial charge in [-0.1, -0.05) is 59.7 Å². The van der Waals surface area contributed by atoms with Crippen molar-refractivity contribution in [2.45, 2.75) is 72.0 Å². The highest BCUT2D eigenvalue weighted by Crippen LogP contribution is 2.42. The van der Waals surface area contributed by atoms with E-state index in [4.69, 9.17) is 14.5 Å². The molecule has 8 nitrogen and oxygen atoms in total. The molecular formula is C30H35N3O5. The van der Waals surface area contributed by atoms with E-state index in [9.17, 15) is 14.7 Å². The smallest absolute Gasteiger partial charge is 0.331 e. The number of nitrogens with one attached hydrogen (secondary N) is 1. The van der Waals surface area contributed by atoms with Crippen LogP contribution in [-0.4, -0.2) is 33.7 Å². The number of amidine groups is 1. The normalized spacial score (nSPS) is 16.8. The lowest BCUT2D eigenvalue weighted by Gasteiger charge is -2.33. The summed E-state index contributed by atoms with van der Waals surface area (Å²) in [4.78, 5) is 35.4. The maximum absolute atomic E-state index is 13.1. The van der Waals surface area contributed by atoms with Gasteiger partial charge in [0.25, 0.3) is 5.79 Å². The predicted octanol–water partition coefficient (Wildman–Crippen LogP) is 6.13. The Morgan fingerprint density at radius 3 is 2.05 bits per heavy atom. The molecule has 0 spiro atoms. The van der Waals surface area contributed by atoms with Crippen molar-refractivity contribution in [2.75, 3.05) is 5.32 Å². The second-order valence-corrected chi connectivity index (χ2v) is 12.1. The van der Waals surface area contributed by atoms with Gasteiger partial charge in [0.1, 0.15) is 11.6 Å². The Bertz CT molecular complexity index is 1390. The van der Waals surface area contributed by atoms with Gasteiger partial charge in [-0.3, -0.25) is 14.6 Å². The maximum Gasteiger partial charge on any atom is 0.331 e. The molecule has 0 amide bonds. The number of phenolic OH excluding ortho intramolecular Hbond substituents is 1. The van der Waals surface area contributed by atoms with Crippen LogP contribution in [0, 0.1) is 5.92 Å². The molecule has 1 aliphatic rings. The SMILES string of the molecule is CC1(C)OC(=O)C(C(=Nc2cc(C(C)(C)C)c(O)c(C(C)(C)C)c2)Nc2cnc3ccccc3c2)C(=O)O1. The maximum atomic E-state index is 13.1. The van der Waals surface area contributed by atoms with Crippen LogP contribution >= 0.6 is 0 Å². The first-order valence-electron chi connectivity index (χ1n) is 12.6. The number of benzene rings is 2. The topological polar surface area (TPSA) is 110 Å². The van der Waals surface area contributed by atoms with E-state index in [-0.39, 0.29) is 11.6 Å². The Morgan fingerprint density at radius 1 is 0.947 bits per heavy atom. The van der Waals surface area contributed by atoms with Crippen molar-refractivity contribution in [3.63, 3.8) is 0 Å². The first kappa shape index (κ1) is 27.1. The van der Waals surface area contributed by atoms with Crippen LogP contribution in [0.1, 0.15) is 66.5 Å². The average Bonchev–Trinajstić information content (AvgIpc) is 2.77. The quantitative estimate of drug-likeness (QED) is 0.186. The zero-order chi connectivity index (χ0) is 28.0. The molecule has 1 aliphatic heterocycles. The highest BCUT2D eigenvalue weighted by atomic mass is 16.7. The van der Waals surface area contributed by atoms with Gasteiger partial charge in [0.15, 0.2) is 0 Å². The van der Waals surface area contributed by atoms with Crippen molar-refractivity contribution >= 4 is 40.1 Å². The standard InChI is InChI=1S/C30H35N3O5/c1-28(2,3)20-14-18(15-21(24(20)34)29(4,5)6)32-25(23-26(35)37-30(7,8)38-27(23)36)33-19-13-17-11-9-10-12-22(17)31-16-19/h9-16,23,34H,1-8H3,(H,32,33). The molecule has 2 heterocycles. The Morgan fingerprint density at radius 2 is 1.50 bits per heavy atom. The van der Waals surface area contributed by atoms with Crippen molar-refractivity contribution in [2.24, 2.45) is 10.9 Å². The van der Waals surface area contributed by atoms with Crippen LogP contribution in [-0.2, 0) is 29.9 Å². The summed E-state index contributed by atoms with van der Waals surface area (Å²) in [6.07, 6.45) is 1.61. The van der Waals surface area contributed by atoms with E-state index in [0.717, 1.165) is 10.9 Å². The molecule has 8 heteroatoms. The molecule has 1 aromatic heterocycles. The lowest BCUT2D eigenvalue weighted by molar-refractivity contribution is -0.235. The van der Waals surface area contributed by atoms with Crippen LogP contribution in [0.15, 0.2) is 53.7 Å². The van der Waals surface area contributed by atoms with Crippen molar-refractivity contribution in [1.29, 1.82) is 0 Å². The number of hydrogen-bond acceptors (Lipinski definition) is 7. The summed E-state index contributed by atoms with van der Waals surface area (Å²) in [7, 11) is 0. The van der Waals surface area contributed by atoms with Crippen LogP contribution in [0.4, 0.5) is 11.4 Å². The summed E-state index contributed by atoms with van der Waals surface area (Å²) in [6, 6.07) is 13.0. The fourth-order valence-corrected chi connectivity index (χ4v) is 4.36. The second kappa shape index (κ2) is 9.42. The Labute approximate surface area is 223 Å². The number of esters is 2. The molecule has 1 saturated heterocycles. The third-order valence-corrected chi connectivity index (χ3v) is 6.26. The summed E-state index contributed by atoms with van der Waals surface area (Å²) in [5.74, 6) is -4.10. The molecule has 1 fully saturated rings. The number of fused-ring (bicyclic) bond motifs is 1. The van der Waals surface area contributed by atoms with Gasteiger partial charge in [0.2, 0.25) is 5.92 Å². The zero-order valence-electron chi connectivity index (χ0n) is 23.2. The molecule has 0 unspecified atom stereocenters. The number of cyclic esters (lactones) is 2. The van der Waals surface area contributed by atoms with Crippen molar-refractivity contribution in [1.82, 2.24) is 4.98 Å². The molecule has 0 atom stereocenters. The van der Waals surface area contributed by atoms with Gasteiger partial charge in [-0.05, 0) is 35.1 Å². The van der Waals surface area contributed by atoms with Crippen molar-refractivity contribution in [3.05, 3.63) is 59.8 Å². The molecule has 0 bridgehead atoms. The summed E-state index contributed by atoms with van der Waals surface area (Å²) < 4.78 is 10.8. The number of carbonyl (C=O) groups excluding carboxylic acids is 2. The minimum absolute atomic E-state index is 0.0398. The Balaban J connectivity index is 1.89. The van der Waals surface area contributed by atoms with E-state index < -0.39 is 34.5 Å². The minimum Gasteiger partial charge on any atom is -0.507 e. The van der Waals surface area contributed by atoms with Gasteiger partial charge in [-0.15, -0.1) is 0 Å². The number of carbonyl (C=O) groups is 2. The molecule has 2 aromatic carbocycles. The van der Waals surface area contributed by atoms with Crippen LogP contribution < -0.4 is 5.32 Å². The number of aromatic hydroxyl groups is 1. The van der Waals surface area contributed by atoms with Crippen LogP contribution in [0.25, 0.3) is 10.9 Å². The van der Waals surface area contributed by atoms with Crippen LogP contribution in [0.3, 0.4) is 0 Å². The van der Waals surface area contributed by atoms with E-state index in [0.29, 0.717) is 22.5 Å². The molecule has 0 aliphatic carbocycles. The number of aliphatic imine (C=N–C) groups is 1. The average molecular weight is 518 g/mol. The number of aromatic nitrogens is 1. The van der Waals surface area contributed by atoms with Crippen LogP contribution in [0.2, 0.25) is 0 Å². The van der Waals surface area contributed by atoms with E-state index in [2.05, 4.69) is 10.3 Å². The number of hydrogen-bond donors (Lipinski definition) is 2. The van der Waals surface area contributed by atoms with E-state index in [1.54, 1.807) is 18.3 Å². The molecule has 3 aromatic rings. The van der Waals surface area contributed by atoms with E-state index >= 15 is 0 Å². The third kappa shape index (κ3) is 5.64.